The number of nitrogens with zero attached hydrogens (tertiary/aromatic N) is 2. The van der Waals surface area contributed by atoms with Crippen molar-refractivity contribution in [1.29, 1.82) is 0 Å². The van der Waals surface area contributed by atoms with E-state index in [-0.39, 0.29) is 12.0 Å². The lowest BCUT2D eigenvalue weighted by Gasteiger charge is -2.34. The van der Waals surface area contributed by atoms with Crippen LogP contribution in [-0.2, 0) is 9.53 Å². The highest BCUT2D eigenvalue weighted by atomic mass is 16.6. The Balaban J connectivity index is 2.33. The molecular formula is C12H25N3O2. The van der Waals surface area contributed by atoms with Gasteiger partial charge in [-0.15, -0.1) is 0 Å². The van der Waals surface area contributed by atoms with Crippen molar-refractivity contribution in [1.82, 2.24) is 15.3 Å². The highest BCUT2D eigenvalue weighted by Crippen LogP contribution is 2.08. The fraction of sp³-hybridized carbons (Fsp3) is 0.917. The van der Waals surface area contributed by atoms with Gasteiger partial charge < -0.3 is 9.64 Å². The van der Waals surface area contributed by atoms with Crippen LogP contribution in [0.1, 0.15) is 27.7 Å². The zero-order chi connectivity index (χ0) is 13.1. The van der Waals surface area contributed by atoms with E-state index < -0.39 is 5.60 Å². The van der Waals surface area contributed by atoms with Crippen LogP contribution in [0.5, 0.6) is 0 Å². The number of hydrazine groups is 1. The normalized spacial score (nSPS) is 21.2. The molecule has 0 aromatic rings. The number of piperazine rings is 1. The Hall–Kier alpha value is -0.650. The van der Waals surface area contributed by atoms with E-state index in [1.165, 1.54) is 0 Å². The van der Waals surface area contributed by atoms with Gasteiger partial charge in [-0.3, -0.25) is 4.79 Å². The van der Waals surface area contributed by atoms with E-state index in [4.69, 9.17) is 4.74 Å². The summed E-state index contributed by atoms with van der Waals surface area (Å²) < 4.78 is 5.32. The van der Waals surface area contributed by atoms with Crippen molar-refractivity contribution in [3.63, 3.8) is 0 Å². The van der Waals surface area contributed by atoms with Gasteiger partial charge in [0.1, 0.15) is 11.6 Å². The standard InChI is InChI=1S/C12H25N3O2/c1-10(11(16)17-12(2,3)4)13-15-8-6-14(5)7-9-15/h10,13H,6-9H2,1-5H3. The lowest BCUT2D eigenvalue weighted by Crippen LogP contribution is -2.55. The highest BCUT2D eigenvalue weighted by molar-refractivity contribution is 5.75. The van der Waals surface area contributed by atoms with Crippen LogP contribution in [0.4, 0.5) is 0 Å². The number of carbonyl (C=O) groups excluding carboxylic acids is 1. The van der Waals surface area contributed by atoms with E-state index >= 15 is 0 Å². The third kappa shape index (κ3) is 5.48. The number of esters is 1. The first-order valence-corrected chi connectivity index (χ1v) is 6.20. The van der Waals surface area contributed by atoms with Gasteiger partial charge in [-0.2, -0.15) is 0 Å². The second kappa shape index (κ2) is 5.80. The lowest BCUT2D eigenvalue weighted by atomic mass is 10.2. The van der Waals surface area contributed by atoms with Gasteiger partial charge in [0.15, 0.2) is 0 Å². The summed E-state index contributed by atoms with van der Waals surface area (Å²) in [6, 6.07) is -0.294. The molecule has 0 spiro atoms. The van der Waals surface area contributed by atoms with Gasteiger partial charge in [0.2, 0.25) is 0 Å². The number of hydrogen-bond acceptors (Lipinski definition) is 5. The van der Waals surface area contributed by atoms with E-state index in [0.29, 0.717) is 0 Å². The maximum atomic E-state index is 11.8. The minimum absolute atomic E-state index is 0.198. The van der Waals surface area contributed by atoms with Crippen LogP contribution >= 0.6 is 0 Å². The van der Waals surface area contributed by atoms with Crippen molar-refractivity contribution in [3.05, 3.63) is 0 Å². The number of nitrogens with one attached hydrogen (secondary N) is 1. The van der Waals surface area contributed by atoms with Gasteiger partial charge in [-0.05, 0) is 34.7 Å². The third-order valence-corrected chi connectivity index (χ3v) is 2.64. The van der Waals surface area contributed by atoms with E-state index in [1.54, 1.807) is 0 Å². The smallest absolute Gasteiger partial charge is 0.324 e. The molecule has 0 amide bonds. The van der Waals surface area contributed by atoms with Gasteiger partial charge in [-0.25, -0.2) is 10.4 Å². The Morgan fingerprint density at radius 2 is 1.76 bits per heavy atom. The summed E-state index contributed by atoms with van der Waals surface area (Å²) >= 11 is 0. The third-order valence-electron chi connectivity index (χ3n) is 2.64. The Morgan fingerprint density at radius 3 is 2.24 bits per heavy atom. The molecule has 1 heterocycles. The van der Waals surface area contributed by atoms with Crippen LogP contribution in [0.25, 0.3) is 0 Å². The lowest BCUT2D eigenvalue weighted by molar-refractivity contribution is -0.158. The molecule has 100 valence electrons. The predicted octanol–water partition coefficient (Wildman–Crippen LogP) is 0.469. The number of ether oxygens (including phenoxy) is 1. The average Bonchev–Trinajstić information content (AvgIpc) is 2.19. The molecule has 0 saturated carbocycles. The molecule has 1 rings (SSSR count). The molecule has 5 nitrogen and oxygen atoms in total. The summed E-state index contributed by atoms with van der Waals surface area (Å²) in [5, 5.41) is 2.09. The second-order valence-corrected chi connectivity index (χ2v) is 5.67. The van der Waals surface area contributed by atoms with Gasteiger partial charge in [0, 0.05) is 26.2 Å². The summed E-state index contributed by atoms with van der Waals surface area (Å²) in [7, 11) is 2.11. The van der Waals surface area contributed by atoms with Crippen molar-refractivity contribution < 1.29 is 9.53 Å². The van der Waals surface area contributed by atoms with E-state index in [0.717, 1.165) is 26.2 Å². The van der Waals surface area contributed by atoms with Crippen molar-refractivity contribution in [3.8, 4) is 0 Å². The molecule has 17 heavy (non-hydrogen) atoms. The largest absolute Gasteiger partial charge is 0.459 e. The summed E-state index contributed by atoms with van der Waals surface area (Å²) in [4.78, 5) is 14.0. The fourth-order valence-electron chi connectivity index (χ4n) is 1.65. The molecule has 0 aromatic carbocycles. The summed E-state index contributed by atoms with van der Waals surface area (Å²) in [5.74, 6) is -0.198. The minimum atomic E-state index is -0.421. The minimum Gasteiger partial charge on any atom is -0.459 e. The molecule has 1 fully saturated rings. The molecule has 5 heteroatoms. The first-order chi connectivity index (χ1) is 7.78. The molecular weight excluding hydrogens is 218 g/mol. The van der Waals surface area contributed by atoms with E-state index in [2.05, 4.69) is 22.4 Å². The van der Waals surface area contributed by atoms with Crippen LogP contribution in [-0.4, -0.2) is 60.7 Å². The molecule has 1 saturated heterocycles. The fourth-order valence-corrected chi connectivity index (χ4v) is 1.65. The Bertz CT molecular complexity index is 255. The van der Waals surface area contributed by atoms with Gasteiger partial charge in [-0.1, -0.05) is 0 Å². The van der Waals surface area contributed by atoms with E-state index in [1.807, 2.05) is 27.7 Å². The Morgan fingerprint density at radius 1 is 1.24 bits per heavy atom. The van der Waals surface area contributed by atoms with Crippen molar-refractivity contribution in [2.24, 2.45) is 0 Å². The maximum Gasteiger partial charge on any atom is 0.324 e. The topological polar surface area (TPSA) is 44.8 Å². The molecule has 1 atom stereocenters. The molecule has 1 unspecified atom stereocenters. The number of rotatable bonds is 3. The van der Waals surface area contributed by atoms with E-state index in [9.17, 15) is 4.79 Å². The van der Waals surface area contributed by atoms with Crippen LogP contribution in [0.15, 0.2) is 0 Å². The van der Waals surface area contributed by atoms with Crippen molar-refractivity contribution in [2.75, 3.05) is 33.2 Å². The number of carbonyl (C=O) groups is 1. The predicted molar refractivity (Wildman–Crippen MR) is 67.5 cm³/mol. The summed E-state index contributed by atoms with van der Waals surface area (Å²) in [5.41, 5.74) is 2.77. The average molecular weight is 243 g/mol. The first kappa shape index (κ1) is 14.4. The molecule has 0 aliphatic carbocycles. The van der Waals surface area contributed by atoms with Gasteiger partial charge in [0.25, 0.3) is 0 Å². The van der Waals surface area contributed by atoms with Crippen molar-refractivity contribution in [2.45, 2.75) is 39.3 Å². The van der Waals surface area contributed by atoms with Crippen LogP contribution in [0.2, 0.25) is 0 Å². The Labute approximate surface area is 104 Å². The molecule has 0 radical (unpaired) electrons. The van der Waals surface area contributed by atoms with Crippen molar-refractivity contribution >= 4 is 5.97 Å². The van der Waals surface area contributed by atoms with Crippen LogP contribution in [0, 0.1) is 0 Å². The molecule has 0 aromatic heterocycles. The first-order valence-electron chi connectivity index (χ1n) is 6.20. The van der Waals surface area contributed by atoms with Crippen LogP contribution < -0.4 is 5.43 Å². The summed E-state index contributed by atoms with van der Waals surface area (Å²) in [6.07, 6.45) is 0. The monoisotopic (exact) mass is 243 g/mol. The Kier molecular flexibility index (Phi) is 4.91. The van der Waals surface area contributed by atoms with Gasteiger partial charge >= 0.3 is 5.97 Å². The quantitative estimate of drug-likeness (QED) is 0.730. The molecule has 0 bridgehead atoms. The SMILES string of the molecule is CC(NN1CCN(C)CC1)C(=O)OC(C)(C)C. The highest BCUT2D eigenvalue weighted by Gasteiger charge is 2.24. The van der Waals surface area contributed by atoms with Crippen LogP contribution in [0.3, 0.4) is 0 Å². The number of likely N-dealkylation sites (N-methyl/N-ethyl adjacent to an activating group) is 1. The zero-order valence-electron chi connectivity index (χ0n) is 11.6. The maximum absolute atomic E-state index is 11.8. The summed E-state index contributed by atoms with van der Waals surface area (Å²) in [6.45, 7) is 11.4. The molecule has 1 aliphatic rings. The molecule has 1 N–H and O–H groups in total. The van der Waals surface area contributed by atoms with Gasteiger partial charge in [0.05, 0.1) is 0 Å². The molecule has 1 aliphatic heterocycles. The second-order valence-electron chi connectivity index (χ2n) is 5.67. The zero-order valence-corrected chi connectivity index (χ0v) is 11.6. The number of hydrogen-bond donors (Lipinski definition) is 1.